The first kappa shape index (κ1) is 29.3. The van der Waals surface area contributed by atoms with Crippen LogP contribution in [0.1, 0.15) is 152 Å². The van der Waals surface area contributed by atoms with Crippen LogP contribution in [0.2, 0.25) is 0 Å². The fraction of sp³-hybridized carbons (Fsp3) is 0.667. The average molecular weight is 523 g/mol. The van der Waals surface area contributed by atoms with Crippen LogP contribution in [0, 0.1) is 23.5 Å². The van der Waals surface area contributed by atoms with E-state index in [1.54, 1.807) is 12.1 Å². The highest BCUT2D eigenvalue weighted by Crippen LogP contribution is 2.41. The molecule has 0 bridgehead atoms. The largest absolute Gasteiger partial charge is 0.206 e. The van der Waals surface area contributed by atoms with Crippen molar-refractivity contribution in [2.45, 2.75) is 141 Å². The van der Waals surface area contributed by atoms with Gasteiger partial charge in [0.15, 0.2) is 0 Å². The molecule has 0 saturated heterocycles. The smallest absolute Gasteiger partial charge is 0.131 e. The van der Waals surface area contributed by atoms with Crippen LogP contribution in [0.3, 0.4) is 0 Å². The van der Waals surface area contributed by atoms with Gasteiger partial charge >= 0.3 is 0 Å². The molecule has 4 rings (SSSR count). The minimum absolute atomic E-state index is 0.278. The average Bonchev–Trinajstić information content (AvgIpc) is 2.94. The Morgan fingerprint density at radius 2 is 0.921 bits per heavy atom. The normalized spacial score (nSPS) is 24.0. The SMILES string of the molecule is CCCCCC[C@H]1CC[C@H](c2ccc(-c3ccc([C@H]4CC[C@H](CCCCCC)CC4)cc3F)c(F)c2)CC1. The third kappa shape index (κ3) is 8.15. The number of rotatable bonds is 13. The fourth-order valence-electron chi connectivity index (χ4n) is 7.30. The van der Waals surface area contributed by atoms with Crippen LogP contribution in [0.5, 0.6) is 0 Å². The van der Waals surface area contributed by atoms with E-state index in [0.717, 1.165) is 48.6 Å². The first-order valence-electron chi connectivity index (χ1n) is 16.2. The van der Waals surface area contributed by atoms with Crippen molar-refractivity contribution in [3.8, 4) is 11.1 Å². The fourth-order valence-corrected chi connectivity index (χ4v) is 7.30. The number of benzene rings is 2. The molecule has 0 radical (unpaired) electrons. The first-order chi connectivity index (χ1) is 18.6. The van der Waals surface area contributed by atoms with Gasteiger partial charge in [-0.1, -0.05) is 102 Å². The van der Waals surface area contributed by atoms with Gasteiger partial charge in [-0.3, -0.25) is 0 Å². The molecule has 2 fully saturated rings. The van der Waals surface area contributed by atoms with Crippen molar-refractivity contribution in [1.29, 1.82) is 0 Å². The third-order valence-corrected chi connectivity index (χ3v) is 9.84. The first-order valence-corrected chi connectivity index (χ1v) is 16.2. The van der Waals surface area contributed by atoms with E-state index < -0.39 is 0 Å². The van der Waals surface area contributed by atoms with Gasteiger partial charge in [0.1, 0.15) is 11.6 Å². The highest BCUT2D eigenvalue weighted by molar-refractivity contribution is 5.66. The molecule has 0 atom stereocenters. The maximum atomic E-state index is 15.3. The maximum Gasteiger partial charge on any atom is 0.131 e. The van der Waals surface area contributed by atoms with Crippen LogP contribution in [0.25, 0.3) is 11.1 Å². The van der Waals surface area contributed by atoms with E-state index in [1.165, 1.54) is 89.9 Å². The van der Waals surface area contributed by atoms with Crippen molar-refractivity contribution in [3.05, 3.63) is 59.2 Å². The molecular formula is C36H52F2. The summed E-state index contributed by atoms with van der Waals surface area (Å²) in [6.07, 6.45) is 23.1. The highest BCUT2D eigenvalue weighted by Gasteiger charge is 2.25. The van der Waals surface area contributed by atoms with Gasteiger partial charge in [0.2, 0.25) is 0 Å². The zero-order valence-electron chi connectivity index (χ0n) is 24.3. The summed E-state index contributed by atoms with van der Waals surface area (Å²) in [5.41, 5.74) is 3.00. The summed E-state index contributed by atoms with van der Waals surface area (Å²) < 4.78 is 30.5. The summed E-state index contributed by atoms with van der Waals surface area (Å²) in [5.74, 6) is 2.03. The summed E-state index contributed by atoms with van der Waals surface area (Å²) in [4.78, 5) is 0. The summed E-state index contributed by atoms with van der Waals surface area (Å²) in [7, 11) is 0. The van der Waals surface area contributed by atoms with Gasteiger partial charge in [0, 0.05) is 11.1 Å². The Balaban J connectivity index is 1.30. The number of halogens is 2. The van der Waals surface area contributed by atoms with E-state index in [0.29, 0.717) is 23.0 Å². The third-order valence-electron chi connectivity index (χ3n) is 9.84. The van der Waals surface area contributed by atoms with Gasteiger partial charge in [-0.25, -0.2) is 8.78 Å². The lowest BCUT2D eigenvalue weighted by Gasteiger charge is -2.29. The molecule has 0 aromatic heterocycles. The summed E-state index contributed by atoms with van der Waals surface area (Å²) in [5, 5.41) is 0. The second-order valence-electron chi connectivity index (χ2n) is 12.6. The summed E-state index contributed by atoms with van der Waals surface area (Å²) >= 11 is 0. The van der Waals surface area contributed by atoms with Crippen molar-refractivity contribution >= 4 is 0 Å². The molecule has 2 aliphatic rings. The lowest BCUT2D eigenvalue weighted by atomic mass is 9.76. The van der Waals surface area contributed by atoms with Gasteiger partial charge in [0.05, 0.1) is 0 Å². The van der Waals surface area contributed by atoms with Crippen molar-refractivity contribution in [1.82, 2.24) is 0 Å². The minimum atomic E-state index is -0.278. The van der Waals surface area contributed by atoms with Gasteiger partial charge in [-0.15, -0.1) is 0 Å². The molecule has 2 saturated carbocycles. The zero-order chi connectivity index (χ0) is 26.7. The molecule has 2 aromatic rings. The number of hydrogen-bond donors (Lipinski definition) is 0. The molecule has 0 spiro atoms. The van der Waals surface area contributed by atoms with Gasteiger partial charge in [-0.05, 0) is 98.3 Å². The van der Waals surface area contributed by atoms with E-state index in [2.05, 4.69) is 26.0 Å². The van der Waals surface area contributed by atoms with Gasteiger partial charge in [-0.2, -0.15) is 0 Å². The van der Waals surface area contributed by atoms with E-state index in [-0.39, 0.29) is 11.6 Å². The Bertz CT molecular complexity index is 884. The highest BCUT2D eigenvalue weighted by atomic mass is 19.1. The predicted octanol–water partition coefficient (Wildman–Crippen LogP) is 12.1. The molecule has 210 valence electrons. The lowest BCUT2D eigenvalue weighted by Crippen LogP contribution is -2.14. The monoisotopic (exact) mass is 522 g/mol. The second kappa shape index (κ2) is 15.2. The van der Waals surface area contributed by atoms with Crippen molar-refractivity contribution in [2.75, 3.05) is 0 Å². The second-order valence-corrected chi connectivity index (χ2v) is 12.6. The molecule has 2 aliphatic carbocycles. The molecule has 0 N–H and O–H groups in total. The van der Waals surface area contributed by atoms with E-state index >= 15 is 8.78 Å². The lowest BCUT2D eigenvalue weighted by molar-refractivity contribution is 0.302. The van der Waals surface area contributed by atoms with Gasteiger partial charge < -0.3 is 0 Å². The van der Waals surface area contributed by atoms with Gasteiger partial charge in [0.25, 0.3) is 0 Å². The Morgan fingerprint density at radius 3 is 1.26 bits per heavy atom. The van der Waals surface area contributed by atoms with Crippen LogP contribution in [0.4, 0.5) is 8.78 Å². The number of hydrogen-bond acceptors (Lipinski definition) is 0. The topological polar surface area (TPSA) is 0 Å². The zero-order valence-corrected chi connectivity index (χ0v) is 24.3. The minimum Gasteiger partial charge on any atom is -0.206 e. The molecule has 0 heterocycles. The molecule has 0 aliphatic heterocycles. The predicted molar refractivity (Wildman–Crippen MR) is 159 cm³/mol. The maximum absolute atomic E-state index is 15.3. The Morgan fingerprint density at radius 1 is 0.526 bits per heavy atom. The standard InChI is InChI=1S/C36H52F2/c1-3-5-7-9-11-27-13-17-29(18-14-27)31-21-23-33(35(37)25-31)34-24-22-32(26-36(34)38)30-19-15-28(16-20-30)12-10-8-6-4-2/h21-30H,3-20H2,1-2H3/t27-,28-,29-,30-. The van der Waals surface area contributed by atoms with Crippen molar-refractivity contribution in [2.24, 2.45) is 11.8 Å². The molecular weight excluding hydrogens is 470 g/mol. The summed E-state index contributed by atoms with van der Waals surface area (Å²) in [6.45, 7) is 4.53. The van der Waals surface area contributed by atoms with Crippen LogP contribution >= 0.6 is 0 Å². The Labute approximate surface area is 232 Å². The van der Waals surface area contributed by atoms with E-state index in [4.69, 9.17) is 0 Å². The van der Waals surface area contributed by atoms with Crippen LogP contribution in [-0.2, 0) is 0 Å². The van der Waals surface area contributed by atoms with E-state index in [9.17, 15) is 0 Å². The van der Waals surface area contributed by atoms with E-state index in [1.807, 2.05) is 12.1 Å². The quantitative estimate of drug-likeness (QED) is 0.229. The number of unbranched alkanes of at least 4 members (excludes halogenated alkanes) is 6. The Kier molecular flexibility index (Phi) is 11.7. The van der Waals surface area contributed by atoms with Crippen molar-refractivity contribution in [3.63, 3.8) is 0 Å². The summed E-state index contributed by atoms with van der Waals surface area (Å²) in [6, 6.07) is 11.1. The van der Waals surface area contributed by atoms with Crippen LogP contribution in [0.15, 0.2) is 36.4 Å². The molecule has 2 aromatic carbocycles. The van der Waals surface area contributed by atoms with Crippen LogP contribution < -0.4 is 0 Å². The van der Waals surface area contributed by atoms with Crippen molar-refractivity contribution < 1.29 is 8.78 Å². The molecule has 38 heavy (non-hydrogen) atoms. The van der Waals surface area contributed by atoms with Crippen LogP contribution in [-0.4, -0.2) is 0 Å². The Hall–Kier alpha value is -1.70. The molecule has 0 unspecified atom stereocenters. The molecule has 0 amide bonds. The molecule has 2 heteroatoms. The molecule has 0 nitrogen and oxygen atoms in total.